The van der Waals surface area contributed by atoms with Crippen LogP contribution in [-0.4, -0.2) is 31.0 Å². The van der Waals surface area contributed by atoms with Crippen LogP contribution in [-0.2, 0) is 22.4 Å². The van der Waals surface area contributed by atoms with Crippen LogP contribution in [0.1, 0.15) is 54.2 Å². The number of rotatable bonds is 7. The molecular formula is C29H31NO5. The smallest absolute Gasteiger partial charge is 0.264 e. The van der Waals surface area contributed by atoms with Crippen molar-refractivity contribution in [2.45, 2.75) is 44.8 Å². The summed E-state index contributed by atoms with van der Waals surface area (Å²) in [6, 6.07) is 19.9. The predicted octanol–water partition coefficient (Wildman–Crippen LogP) is 5.01. The largest absolute Gasteiger partial charge is 0.493 e. The van der Waals surface area contributed by atoms with Gasteiger partial charge < -0.3 is 19.5 Å². The molecule has 35 heavy (non-hydrogen) atoms. The molecule has 0 saturated heterocycles. The Kier molecular flexibility index (Phi) is 6.43. The first-order valence-corrected chi connectivity index (χ1v) is 11.6. The number of aliphatic hydroxyl groups is 1. The number of hydrogen-bond donors (Lipinski definition) is 1. The number of Topliss-reactive ketones (excluding diaryl/α,β-unsaturated/α-hetero) is 1. The summed E-state index contributed by atoms with van der Waals surface area (Å²) in [6.45, 7) is 6.53. The summed E-state index contributed by atoms with van der Waals surface area (Å²) in [6.07, 6.45) is -0.333. The summed E-state index contributed by atoms with van der Waals surface area (Å²) in [7, 11) is 3.11. The number of carbonyl (C=O) groups is 2. The molecule has 6 heteroatoms. The Labute approximate surface area is 206 Å². The molecule has 1 aliphatic rings. The molecule has 4 rings (SSSR count). The second-order valence-electron chi connectivity index (χ2n) is 9.89. The van der Waals surface area contributed by atoms with E-state index in [4.69, 9.17) is 9.47 Å². The van der Waals surface area contributed by atoms with E-state index in [0.717, 1.165) is 11.1 Å². The highest BCUT2D eigenvalue weighted by Crippen LogP contribution is 2.44. The first-order valence-electron chi connectivity index (χ1n) is 11.6. The molecule has 0 radical (unpaired) electrons. The van der Waals surface area contributed by atoms with Crippen LogP contribution in [0.4, 0.5) is 5.69 Å². The number of nitrogens with zero attached hydrogens (tertiary/aromatic N) is 1. The van der Waals surface area contributed by atoms with Crippen molar-refractivity contribution >= 4 is 17.4 Å². The van der Waals surface area contributed by atoms with E-state index in [0.29, 0.717) is 28.3 Å². The lowest BCUT2D eigenvalue weighted by atomic mass is 9.85. The van der Waals surface area contributed by atoms with Gasteiger partial charge in [0.15, 0.2) is 22.9 Å². The minimum atomic E-state index is -1.94. The van der Waals surface area contributed by atoms with Gasteiger partial charge in [-0.05, 0) is 34.7 Å². The van der Waals surface area contributed by atoms with Gasteiger partial charge >= 0.3 is 0 Å². The van der Waals surface area contributed by atoms with E-state index < -0.39 is 11.5 Å². The Morgan fingerprint density at radius 2 is 1.60 bits per heavy atom. The van der Waals surface area contributed by atoms with Gasteiger partial charge in [-0.25, -0.2) is 0 Å². The molecule has 1 atom stereocenters. The van der Waals surface area contributed by atoms with Crippen LogP contribution in [0.15, 0.2) is 66.7 Å². The summed E-state index contributed by atoms with van der Waals surface area (Å²) in [5.74, 6) is 0.329. The standard InChI is InChI=1S/C29H31NO5/c1-28(2,3)21-13-11-20(12-14-21)24(31)17-29(33)22-8-6-7-9-23(22)30(27(29)32)18-19-10-15-25(34-4)26(16-19)35-5/h6-16,33H,17-18H2,1-5H3/t29-/m1/s1. The second-order valence-corrected chi connectivity index (χ2v) is 9.89. The molecule has 0 fully saturated rings. The Hall–Kier alpha value is -3.64. The van der Waals surface area contributed by atoms with Gasteiger partial charge in [0.1, 0.15) is 0 Å². The van der Waals surface area contributed by atoms with Gasteiger partial charge in [-0.3, -0.25) is 9.59 Å². The SMILES string of the molecule is COc1ccc(CN2C(=O)[C@@](O)(CC(=O)c3ccc(C(C)(C)C)cc3)c3ccccc32)cc1OC. The van der Waals surface area contributed by atoms with E-state index >= 15 is 0 Å². The topological polar surface area (TPSA) is 76.1 Å². The fourth-order valence-corrected chi connectivity index (χ4v) is 4.49. The van der Waals surface area contributed by atoms with Crippen LogP contribution in [0, 0.1) is 0 Å². The van der Waals surface area contributed by atoms with E-state index in [1.807, 2.05) is 24.3 Å². The predicted molar refractivity (Wildman–Crippen MR) is 135 cm³/mol. The van der Waals surface area contributed by atoms with Crippen LogP contribution < -0.4 is 14.4 Å². The number of ketones is 1. The number of hydrogen-bond acceptors (Lipinski definition) is 5. The summed E-state index contributed by atoms with van der Waals surface area (Å²) in [5, 5.41) is 11.6. The van der Waals surface area contributed by atoms with Crippen molar-refractivity contribution in [3.63, 3.8) is 0 Å². The van der Waals surface area contributed by atoms with E-state index in [2.05, 4.69) is 20.8 Å². The van der Waals surface area contributed by atoms with Crippen molar-refractivity contribution in [3.8, 4) is 11.5 Å². The van der Waals surface area contributed by atoms with Crippen LogP contribution in [0.25, 0.3) is 0 Å². The zero-order chi connectivity index (χ0) is 25.4. The highest BCUT2D eigenvalue weighted by molar-refractivity contribution is 6.10. The van der Waals surface area contributed by atoms with E-state index in [1.165, 1.54) is 4.90 Å². The number of benzene rings is 3. The van der Waals surface area contributed by atoms with Gasteiger partial charge in [-0.2, -0.15) is 0 Å². The fraction of sp³-hybridized carbons (Fsp3) is 0.310. The molecule has 0 aromatic heterocycles. The Bertz CT molecular complexity index is 1260. The number of para-hydroxylation sites is 1. The molecule has 0 saturated carbocycles. The number of amides is 1. The third-order valence-electron chi connectivity index (χ3n) is 6.52. The van der Waals surface area contributed by atoms with E-state index in [1.54, 1.807) is 56.7 Å². The highest BCUT2D eigenvalue weighted by Gasteiger charge is 2.50. The Morgan fingerprint density at radius 3 is 2.23 bits per heavy atom. The molecule has 3 aromatic rings. The molecule has 1 heterocycles. The van der Waals surface area contributed by atoms with E-state index in [9.17, 15) is 14.7 Å². The molecule has 0 unspecified atom stereocenters. The summed E-state index contributed by atoms with van der Waals surface area (Å²) >= 11 is 0. The maximum Gasteiger partial charge on any atom is 0.264 e. The molecular weight excluding hydrogens is 442 g/mol. The molecule has 1 aliphatic heterocycles. The quantitative estimate of drug-likeness (QED) is 0.488. The van der Waals surface area contributed by atoms with Gasteiger partial charge in [-0.1, -0.05) is 69.3 Å². The van der Waals surface area contributed by atoms with Crippen LogP contribution in [0.5, 0.6) is 11.5 Å². The minimum Gasteiger partial charge on any atom is -0.493 e. The monoisotopic (exact) mass is 473 g/mol. The Balaban J connectivity index is 1.63. The maximum absolute atomic E-state index is 13.6. The van der Waals surface area contributed by atoms with Crippen molar-refractivity contribution in [3.05, 3.63) is 89.0 Å². The Morgan fingerprint density at radius 1 is 0.943 bits per heavy atom. The lowest BCUT2D eigenvalue weighted by Gasteiger charge is -2.23. The number of methoxy groups -OCH3 is 2. The van der Waals surface area contributed by atoms with Crippen LogP contribution in [0.3, 0.4) is 0 Å². The van der Waals surface area contributed by atoms with Gasteiger partial charge in [0.2, 0.25) is 0 Å². The van der Waals surface area contributed by atoms with Gasteiger partial charge in [-0.15, -0.1) is 0 Å². The fourth-order valence-electron chi connectivity index (χ4n) is 4.49. The summed E-state index contributed by atoms with van der Waals surface area (Å²) in [4.78, 5) is 28.3. The third kappa shape index (κ3) is 4.54. The van der Waals surface area contributed by atoms with Crippen LogP contribution in [0.2, 0.25) is 0 Å². The van der Waals surface area contributed by atoms with Crippen molar-refractivity contribution < 1.29 is 24.2 Å². The van der Waals surface area contributed by atoms with Crippen LogP contribution >= 0.6 is 0 Å². The molecule has 3 aromatic carbocycles. The third-order valence-corrected chi connectivity index (χ3v) is 6.52. The molecule has 1 amide bonds. The van der Waals surface area contributed by atoms with Crippen molar-refractivity contribution in [2.75, 3.05) is 19.1 Å². The molecule has 1 N–H and O–H groups in total. The summed E-state index contributed by atoms with van der Waals surface area (Å²) < 4.78 is 10.7. The lowest BCUT2D eigenvalue weighted by Crippen LogP contribution is -2.41. The molecule has 0 bridgehead atoms. The maximum atomic E-state index is 13.6. The summed E-state index contributed by atoms with van der Waals surface area (Å²) in [5.41, 5.74) is 1.43. The first kappa shape index (κ1) is 24.5. The first-order chi connectivity index (χ1) is 16.6. The molecule has 182 valence electrons. The lowest BCUT2D eigenvalue weighted by molar-refractivity contribution is -0.136. The number of fused-ring (bicyclic) bond motifs is 1. The number of carbonyl (C=O) groups excluding carboxylic acids is 2. The average Bonchev–Trinajstić information content (AvgIpc) is 3.05. The van der Waals surface area contributed by atoms with Gasteiger partial charge in [0.05, 0.1) is 32.9 Å². The average molecular weight is 474 g/mol. The normalized spacial score (nSPS) is 17.3. The molecule has 0 spiro atoms. The van der Waals surface area contributed by atoms with Crippen molar-refractivity contribution in [1.29, 1.82) is 0 Å². The second kappa shape index (κ2) is 9.19. The highest BCUT2D eigenvalue weighted by atomic mass is 16.5. The van der Waals surface area contributed by atoms with E-state index in [-0.39, 0.29) is 24.2 Å². The number of ether oxygens (including phenoxy) is 2. The zero-order valence-corrected chi connectivity index (χ0v) is 20.8. The molecule has 6 nitrogen and oxygen atoms in total. The van der Waals surface area contributed by atoms with Crippen molar-refractivity contribution in [2.24, 2.45) is 0 Å². The van der Waals surface area contributed by atoms with Gasteiger partial charge in [0, 0.05) is 11.1 Å². The van der Waals surface area contributed by atoms with Crippen molar-refractivity contribution in [1.82, 2.24) is 0 Å². The molecule has 0 aliphatic carbocycles. The minimum absolute atomic E-state index is 0.0369. The zero-order valence-electron chi connectivity index (χ0n) is 20.8. The van der Waals surface area contributed by atoms with Gasteiger partial charge in [0.25, 0.3) is 5.91 Å². The number of anilines is 1.